The topological polar surface area (TPSA) is 21.1 Å². The minimum Gasteiger partial charge on any atom is -0.378 e. The first kappa shape index (κ1) is 8.10. The maximum atomic E-state index is 4.35. The van der Waals surface area contributed by atoms with Crippen molar-refractivity contribution < 1.29 is 0 Å². The van der Waals surface area contributed by atoms with Crippen molar-refractivity contribution in [2.45, 2.75) is 0 Å². The van der Waals surface area contributed by atoms with Crippen molar-refractivity contribution in [3.63, 3.8) is 0 Å². The van der Waals surface area contributed by atoms with E-state index in [9.17, 15) is 0 Å². The molecule has 0 aliphatic rings. The molecule has 3 heteroatoms. The third-order valence-corrected chi connectivity index (χ3v) is 2.12. The Labute approximate surface area is 77.6 Å². The molecule has 2 aromatic rings. The van der Waals surface area contributed by atoms with Gasteiger partial charge in [-0.3, -0.25) is 4.68 Å². The second-order valence-corrected chi connectivity index (χ2v) is 3.44. The zero-order valence-corrected chi connectivity index (χ0v) is 8.15. The van der Waals surface area contributed by atoms with Crippen molar-refractivity contribution in [2.75, 3.05) is 19.0 Å². The number of aryl methyl sites for hydroxylation is 1. The van der Waals surface area contributed by atoms with E-state index in [2.05, 4.69) is 28.2 Å². The van der Waals surface area contributed by atoms with Crippen LogP contribution >= 0.6 is 0 Å². The zero-order valence-electron chi connectivity index (χ0n) is 8.15. The summed E-state index contributed by atoms with van der Waals surface area (Å²) in [5.41, 5.74) is 2.24. The number of nitrogens with zero attached hydrogens (tertiary/aromatic N) is 3. The summed E-state index contributed by atoms with van der Waals surface area (Å²) in [5, 5.41) is 5.53. The monoisotopic (exact) mass is 175 g/mol. The highest BCUT2D eigenvalue weighted by molar-refractivity contribution is 5.81. The van der Waals surface area contributed by atoms with Crippen LogP contribution < -0.4 is 4.90 Å². The first-order chi connectivity index (χ1) is 6.16. The van der Waals surface area contributed by atoms with Gasteiger partial charge in [0.1, 0.15) is 0 Å². The average molecular weight is 175 g/mol. The normalized spacial score (nSPS) is 10.7. The molecule has 1 aromatic heterocycles. The quantitative estimate of drug-likeness (QED) is 0.657. The SMILES string of the molecule is CN(C)c1ccc2cn(C)nc2c1. The summed E-state index contributed by atoms with van der Waals surface area (Å²) < 4.78 is 1.84. The standard InChI is InChI=1S/C10H13N3/c1-12(2)9-5-4-8-7-13(3)11-10(8)6-9/h4-7H,1-3H3. The van der Waals surface area contributed by atoms with Crippen molar-refractivity contribution in [3.8, 4) is 0 Å². The van der Waals surface area contributed by atoms with E-state index in [-0.39, 0.29) is 0 Å². The summed E-state index contributed by atoms with van der Waals surface area (Å²) >= 11 is 0. The van der Waals surface area contributed by atoms with Gasteiger partial charge < -0.3 is 4.90 Å². The predicted octanol–water partition coefficient (Wildman–Crippen LogP) is 1.64. The Balaban J connectivity index is 2.61. The van der Waals surface area contributed by atoms with Crippen LogP contribution in [0.15, 0.2) is 24.4 Å². The fraction of sp³-hybridized carbons (Fsp3) is 0.300. The highest BCUT2D eigenvalue weighted by Gasteiger charge is 2.00. The molecule has 0 saturated carbocycles. The van der Waals surface area contributed by atoms with Gasteiger partial charge in [-0.2, -0.15) is 5.10 Å². The Hall–Kier alpha value is -1.51. The summed E-state index contributed by atoms with van der Waals surface area (Å²) in [6, 6.07) is 6.29. The lowest BCUT2D eigenvalue weighted by Crippen LogP contribution is -2.07. The van der Waals surface area contributed by atoms with Crippen LogP contribution in [-0.4, -0.2) is 23.9 Å². The van der Waals surface area contributed by atoms with Crippen LogP contribution in [0.1, 0.15) is 0 Å². The first-order valence-electron chi connectivity index (χ1n) is 4.27. The largest absolute Gasteiger partial charge is 0.378 e. The van der Waals surface area contributed by atoms with E-state index in [4.69, 9.17) is 0 Å². The van der Waals surface area contributed by atoms with Gasteiger partial charge >= 0.3 is 0 Å². The average Bonchev–Trinajstić information content (AvgIpc) is 2.42. The maximum absolute atomic E-state index is 4.35. The summed E-state index contributed by atoms with van der Waals surface area (Å²) in [4.78, 5) is 2.08. The highest BCUT2D eigenvalue weighted by atomic mass is 15.2. The molecule has 1 heterocycles. The van der Waals surface area contributed by atoms with Crippen LogP contribution in [0.2, 0.25) is 0 Å². The molecule has 0 atom stereocenters. The molecule has 0 radical (unpaired) electrons. The molecule has 2 rings (SSSR count). The summed E-state index contributed by atoms with van der Waals surface area (Å²) in [5.74, 6) is 0. The van der Waals surface area contributed by atoms with E-state index < -0.39 is 0 Å². The molecule has 68 valence electrons. The minimum atomic E-state index is 1.05. The Bertz CT molecular complexity index is 429. The molecule has 0 N–H and O–H groups in total. The molecule has 1 aromatic carbocycles. The fourth-order valence-electron chi connectivity index (χ4n) is 1.41. The minimum absolute atomic E-state index is 1.05. The number of rotatable bonds is 1. The molecule has 0 spiro atoms. The van der Waals surface area contributed by atoms with Gasteiger partial charge in [0.15, 0.2) is 0 Å². The van der Waals surface area contributed by atoms with Crippen molar-refractivity contribution in [2.24, 2.45) is 7.05 Å². The molecular weight excluding hydrogens is 162 g/mol. The number of hydrogen-bond acceptors (Lipinski definition) is 2. The molecule has 0 aliphatic heterocycles. The Morgan fingerprint density at radius 2 is 2.08 bits per heavy atom. The first-order valence-corrected chi connectivity index (χ1v) is 4.27. The Morgan fingerprint density at radius 1 is 1.31 bits per heavy atom. The maximum Gasteiger partial charge on any atom is 0.0943 e. The Kier molecular flexibility index (Phi) is 1.72. The fourth-order valence-corrected chi connectivity index (χ4v) is 1.41. The molecule has 0 bridgehead atoms. The van der Waals surface area contributed by atoms with E-state index >= 15 is 0 Å². The van der Waals surface area contributed by atoms with Crippen molar-refractivity contribution in [1.82, 2.24) is 9.78 Å². The van der Waals surface area contributed by atoms with Gasteiger partial charge in [-0.25, -0.2) is 0 Å². The number of anilines is 1. The molecule has 0 saturated heterocycles. The molecule has 0 fully saturated rings. The third-order valence-electron chi connectivity index (χ3n) is 2.12. The molecule has 0 aliphatic carbocycles. The zero-order chi connectivity index (χ0) is 9.42. The smallest absolute Gasteiger partial charge is 0.0943 e. The van der Waals surface area contributed by atoms with E-state index in [1.54, 1.807) is 0 Å². The molecule has 0 unspecified atom stereocenters. The highest BCUT2D eigenvalue weighted by Crippen LogP contribution is 2.18. The summed E-state index contributed by atoms with van der Waals surface area (Å²) in [6.07, 6.45) is 2.02. The van der Waals surface area contributed by atoms with Gasteiger partial charge in [0.05, 0.1) is 5.52 Å². The van der Waals surface area contributed by atoms with Crippen LogP contribution in [0.3, 0.4) is 0 Å². The van der Waals surface area contributed by atoms with E-state index in [0.29, 0.717) is 0 Å². The van der Waals surface area contributed by atoms with Crippen LogP contribution in [0.5, 0.6) is 0 Å². The second kappa shape index (κ2) is 2.76. The number of hydrogen-bond donors (Lipinski definition) is 0. The van der Waals surface area contributed by atoms with E-state index in [1.807, 2.05) is 32.0 Å². The van der Waals surface area contributed by atoms with Gasteiger partial charge in [-0.15, -0.1) is 0 Å². The van der Waals surface area contributed by atoms with Gasteiger partial charge in [-0.1, -0.05) is 0 Å². The number of benzene rings is 1. The lowest BCUT2D eigenvalue weighted by atomic mass is 10.2. The molecule has 13 heavy (non-hydrogen) atoms. The summed E-state index contributed by atoms with van der Waals surface area (Å²) in [7, 11) is 6.00. The van der Waals surface area contributed by atoms with Gasteiger partial charge in [0.25, 0.3) is 0 Å². The Morgan fingerprint density at radius 3 is 2.77 bits per heavy atom. The lowest BCUT2D eigenvalue weighted by molar-refractivity contribution is 0.779. The van der Waals surface area contributed by atoms with Crippen molar-refractivity contribution >= 4 is 16.6 Å². The van der Waals surface area contributed by atoms with E-state index in [1.165, 1.54) is 11.1 Å². The molecular formula is C10H13N3. The van der Waals surface area contributed by atoms with Crippen LogP contribution in [0.25, 0.3) is 10.9 Å². The number of fused-ring (bicyclic) bond motifs is 1. The van der Waals surface area contributed by atoms with Crippen LogP contribution in [-0.2, 0) is 7.05 Å². The predicted molar refractivity (Wildman–Crippen MR) is 55.0 cm³/mol. The van der Waals surface area contributed by atoms with Gasteiger partial charge in [0.2, 0.25) is 0 Å². The van der Waals surface area contributed by atoms with Crippen molar-refractivity contribution in [1.29, 1.82) is 0 Å². The summed E-state index contributed by atoms with van der Waals surface area (Å²) in [6.45, 7) is 0. The van der Waals surface area contributed by atoms with Crippen LogP contribution in [0, 0.1) is 0 Å². The molecule has 0 amide bonds. The molecule has 3 nitrogen and oxygen atoms in total. The second-order valence-electron chi connectivity index (χ2n) is 3.44. The third kappa shape index (κ3) is 1.37. The lowest BCUT2D eigenvalue weighted by Gasteiger charge is -2.11. The van der Waals surface area contributed by atoms with Gasteiger partial charge in [-0.05, 0) is 18.2 Å². The van der Waals surface area contributed by atoms with E-state index in [0.717, 1.165) is 5.52 Å². The van der Waals surface area contributed by atoms with Crippen molar-refractivity contribution in [3.05, 3.63) is 24.4 Å². The van der Waals surface area contributed by atoms with Gasteiger partial charge in [0, 0.05) is 38.4 Å². The number of aromatic nitrogens is 2. The van der Waals surface area contributed by atoms with Crippen LogP contribution in [0.4, 0.5) is 5.69 Å².